The first kappa shape index (κ1) is 29.8. The van der Waals surface area contributed by atoms with Crippen molar-refractivity contribution < 1.29 is 0 Å². The molecule has 3 nitrogen and oxygen atoms in total. The molecule has 0 N–H and O–H groups in total. The number of para-hydroxylation sites is 2. The Labute approximate surface area is 293 Å². The molecule has 0 radical (unpaired) electrons. The molecule has 8 aromatic rings. The van der Waals surface area contributed by atoms with E-state index in [1.54, 1.807) is 0 Å². The van der Waals surface area contributed by atoms with Gasteiger partial charge in [-0.05, 0) is 63.7 Å². The first-order valence-electron chi connectivity index (χ1n) is 17.2. The van der Waals surface area contributed by atoms with Crippen LogP contribution in [0.3, 0.4) is 0 Å². The highest BCUT2D eigenvalue weighted by Crippen LogP contribution is 2.55. The van der Waals surface area contributed by atoms with E-state index in [-0.39, 0.29) is 5.41 Å². The number of nitrogens with zero attached hydrogens (tertiary/aromatic N) is 3. The molecule has 0 unspecified atom stereocenters. The van der Waals surface area contributed by atoms with E-state index < -0.39 is 0 Å². The van der Waals surface area contributed by atoms with E-state index in [9.17, 15) is 0 Å². The minimum Gasteiger partial charge on any atom is -0.293 e. The summed E-state index contributed by atoms with van der Waals surface area (Å²) in [5.74, 6) is 1.53. The SMILES string of the molecule is CC1(C)c2ccccc2-c2c(N(c3ccccc3-c3ccccc3)c3nc(-c4cccc(-c5ccccc5)c4)nc4ccccc34)cccc21. The lowest BCUT2D eigenvalue weighted by molar-refractivity contribution is 0.660. The van der Waals surface area contributed by atoms with E-state index in [0.29, 0.717) is 5.82 Å². The highest BCUT2D eigenvalue weighted by molar-refractivity contribution is 6.03. The van der Waals surface area contributed by atoms with Gasteiger partial charge in [-0.25, -0.2) is 9.97 Å². The van der Waals surface area contributed by atoms with E-state index >= 15 is 0 Å². The molecular weight excluding hydrogens is 607 g/mol. The predicted octanol–water partition coefficient (Wildman–Crippen LogP) is 12.4. The zero-order chi connectivity index (χ0) is 33.7. The van der Waals surface area contributed by atoms with Gasteiger partial charge in [0.25, 0.3) is 0 Å². The molecule has 1 aliphatic carbocycles. The number of rotatable bonds is 6. The van der Waals surface area contributed by atoms with Crippen molar-refractivity contribution in [3.8, 4) is 44.8 Å². The van der Waals surface area contributed by atoms with Gasteiger partial charge < -0.3 is 0 Å². The standard InChI is InChI=1S/C47H35N3/c1-47(2)39-26-12-9-24-37(39)44-40(47)27-16-30-43(44)50(42-29-14-11-23-36(42)33-19-7-4-8-20-33)46-38-25-10-13-28-41(38)48-45(49-46)35-22-15-21-34(31-35)32-17-5-3-6-18-32/h3-31H,1-2H3. The lowest BCUT2D eigenvalue weighted by Gasteiger charge is -2.30. The van der Waals surface area contributed by atoms with Gasteiger partial charge in [0.05, 0.1) is 16.9 Å². The predicted molar refractivity (Wildman–Crippen MR) is 208 cm³/mol. The lowest BCUT2D eigenvalue weighted by Crippen LogP contribution is -2.17. The molecular formula is C47H35N3. The van der Waals surface area contributed by atoms with Crippen LogP contribution in [0.5, 0.6) is 0 Å². The second kappa shape index (κ2) is 12.0. The third kappa shape index (κ3) is 4.90. The van der Waals surface area contributed by atoms with Crippen LogP contribution in [0, 0.1) is 0 Å². The van der Waals surface area contributed by atoms with Crippen LogP contribution in [-0.4, -0.2) is 9.97 Å². The van der Waals surface area contributed by atoms with Gasteiger partial charge in [-0.3, -0.25) is 4.90 Å². The monoisotopic (exact) mass is 641 g/mol. The van der Waals surface area contributed by atoms with Crippen molar-refractivity contribution in [3.63, 3.8) is 0 Å². The smallest absolute Gasteiger partial charge is 0.162 e. The highest BCUT2D eigenvalue weighted by atomic mass is 15.2. The third-order valence-electron chi connectivity index (χ3n) is 10.1. The summed E-state index contributed by atoms with van der Waals surface area (Å²) in [6.07, 6.45) is 0. The topological polar surface area (TPSA) is 29.0 Å². The molecule has 3 heteroatoms. The van der Waals surface area contributed by atoms with E-state index in [1.807, 2.05) is 6.07 Å². The van der Waals surface area contributed by atoms with Crippen molar-refractivity contribution in [2.45, 2.75) is 19.3 Å². The molecule has 1 heterocycles. The maximum atomic E-state index is 5.53. The van der Waals surface area contributed by atoms with Gasteiger partial charge >= 0.3 is 0 Å². The Morgan fingerprint density at radius 1 is 0.440 bits per heavy atom. The van der Waals surface area contributed by atoms with E-state index in [1.165, 1.54) is 22.3 Å². The molecule has 0 atom stereocenters. The normalized spacial score (nSPS) is 12.8. The fraction of sp³-hybridized carbons (Fsp3) is 0.0638. The molecule has 238 valence electrons. The highest BCUT2D eigenvalue weighted by Gasteiger charge is 2.38. The summed E-state index contributed by atoms with van der Waals surface area (Å²) in [6.45, 7) is 4.67. The van der Waals surface area contributed by atoms with E-state index in [0.717, 1.165) is 55.9 Å². The van der Waals surface area contributed by atoms with Crippen molar-refractivity contribution in [2.24, 2.45) is 0 Å². The maximum Gasteiger partial charge on any atom is 0.162 e. The molecule has 0 aliphatic heterocycles. The molecule has 0 amide bonds. The first-order chi connectivity index (χ1) is 24.6. The third-order valence-corrected chi connectivity index (χ3v) is 10.1. The quantitative estimate of drug-likeness (QED) is 0.181. The van der Waals surface area contributed by atoms with Gasteiger partial charge in [0.1, 0.15) is 5.82 Å². The van der Waals surface area contributed by atoms with Crippen LogP contribution < -0.4 is 4.90 Å². The Balaban J connectivity index is 1.36. The molecule has 1 aliphatic rings. The van der Waals surface area contributed by atoms with Crippen LogP contribution in [0.2, 0.25) is 0 Å². The Bertz CT molecular complexity index is 2520. The zero-order valence-electron chi connectivity index (χ0n) is 28.1. The summed E-state index contributed by atoms with van der Waals surface area (Å²) in [7, 11) is 0. The average molecular weight is 642 g/mol. The van der Waals surface area contributed by atoms with E-state index in [4.69, 9.17) is 9.97 Å². The average Bonchev–Trinajstić information content (AvgIpc) is 3.42. The summed E-state index contributed by atoms with van der Waals surface area (Å²) in [5.41, 5.74) is 13.6. The number of fused-ring (bicyclic) bond motifs is 4. The Morgan fingerprint density at radius 2 is 1.02 bits per heavy atom. The largest absolute Gasteiger partial charge is 0.293 e. The summed E-state index contributed by atoms with van der Waals surface area (Å²) in [5, 5.41) is 0.987. The molecule has 1 aromatic heterocycles. The van der Waals surface area contributed by atoms with Crippen LogP contribution in [0.15, 0.2) is 176 Å². The van der Waals surface area contributed by atoms with Crippen LogP contribution in [0.1, 0.15) is 25.0 Å². The summed E-state index contributed by atoms with van der Waals surface area (Å²) >= 11 is 0. The van der Waals surface area contributed by atoms with E-state index in [2.05, 4.69) is 189 Å². The molecule has 7 aromatic carbocycles. The summed E-state index contributed by atoms with van der Waals surface area (Å²) < 4.78 is 0. The molecule has 50 heavy (non-hydrogen) atoms. The van der Waals surface area contributed by atoms with Crippen molar-refractivity contribution >= 4 is 28.1 Å². The van der Waals surface area contributed by atoms with Gasteiger partial charge in [-0.2, -0.15) is 0 Å². The summed E-state index contributed by atoms with van der Waals surface area (Å²) in [4.78, 5) is 13.1. The lowest BCUT2D eigenvalue weighted by atomic mass is 9.82. The Hall–Kier alpha value is -6.32. The zero-order valence-corrected chi connectivity index (χ0v) is 28.1. The van der Waals surface area contributed by atoms with Gasteiger partial charge in [-0.1, -0.05) is 159 Å². The molecule has 0 fully saturated rings. The number of hydrogen-bond acceptors (Lipinski definition) is 3. The molecule has 0 saturated heterocycles. The number of benzene rings is 7. The van der Waals surface area contributed by atoms with Crippen molar-refractivity contribution in [1.29, 1.82) is 0 Å². The number of aromatic nitrogens is 2. The van der Waals surface area contributed by atoms with Gasteiger partial charge in [0.15, 0.2) is 5.82 Å². The number of anilines is 3. The fourth-order valence-electron chi connectivity index (χ4n) is 7.64. The number of hydrogen-bond donors (Lipinski definition) is 0. The maximum absolute atomic E-state index is 5.53. The summed E-state index contributed by atoms with van der Waals surface area (Å²) in [6, 6.07) is 62.4. The van der Waals surface area contributed by atoms with Crippen molar-refractivity contribution in [3.05, 3.63) is 187 Å². The first-order valence-corrected chi connectivity index (χ1v) is 17.2. The van der Waals surface area contributed by atoms with Gasteiger partial charge in [0, 0.05) is 27.5 Å². The second-order valence-electron chi connectivity index (χ2n) is 13.4. The minimum atomic E-state index is -0.149. The van der Waals surface area contributed by atoms with Crippen LogP contribution in [0.25, 0.3) is 55.7 Å². The molecule has 0 spiro atoms. The van der Waals surface area contributed by atoms with Crippen LogP contribution in [-0.2, 0) is 5.41 Å². The van der Waals surface area contributed by atoms with Crippen molar-refractivity contribution in [1.82, 2.24) is 9.97 Å². The molecule has 0 bridgehead atoms. The Kier molecular flexibility index (Phi) is 7.14. The van der Waals surface area contributed by atoms with Crippen molar-refractivity contribution in [2.75, 3.05) is 4.90 Å². The van der Waals surface area contributed by atoms with Gasteiger partial charge in [0.2, 0.25) is 0 Å². The van der Waals surface area contributed by atoms with Crippen LogP contribution in [0.4, 0.5) is 17.2 Å². The van der Waals surface area contributed by atoms with Gasteiger partial charge in [-0.15, -0.1) is 0 Å². The second-order valence-corrected chi connectivity index (χ2v) is 13.4. The Morgan fingerprint density at radius 3 is 1.84 bits per heavy atom. The fourth-order valence-corrected chi connectivity index (χ4v) is 7.64. The molecule has 9 rings (SSSR count). The molecule has 0 saturated carbocycles. The van der Waals surface area contributed by atoms with Crippen LogP contribution >= 0.6 is 0 Å². The minimum absolute atomic E-state index is 0.149.